The number of allylic oxidation sites excluding steroid dienone is 2. The molecule has 1 aliphatic heterocycles. The van der Waals surface area contributed by atoms with Gasteiger partial charge in [0, 0.05) is 0 Å². The van der Waals surface area contributed by atoms with Crippen LogP contribution in [0.15, 0.2) is 9.81 Å². The summed E-state index contributed by atoms with van der Waals surface area (Å²) in [6.45, 7) is 9.94. The number of unbranched alkanes of at least 4 members (excludes halogenated alkanes) is 28. The predicted molar refractivity (Wildman–Crippen MR) is 220 cm³/mol. The van der Waals surface area contributed by atoms with Crippen LogP contribution in [0.25, 0.3) is 0 Å². The molecule has 0 aromatic carbocycles. The van der Waals surface area contributed by atoms with E-state index in [4.69, 9.17) is 4.18 Å². The Kier molecular flexibility index (Phi) is 30.7. The van der Waals surface area contributed by atoms with Gasteiger partial charge in [-0.1, -0.05) is 231 Å². The third-order valence-corrected chi connectivity index (χ3v) is 14.1. The topological polar surface area (TPSA) is 66.8 Å². The molecule has 0 saturated carbocycles. The standard InChI is InChI=1S/C41H81NO4S3/c1-5-9-11-13-15-17-19-21-23-25-27-29-31-33-35-37-39-40(48-41(47-39,42(7-3)8-4)46-49(43,44)45)38-36-34-32-30-28-26-24-22-20-18-16-14-12-10-6-2/h5-38H2,1-4H3,(H,43,44,45). The number of hydrogen-bond acceptors (Lipinski definition) is 6. The minimum Gasteiger partial charge on any atom is -0.263 e. The Bertz CT molecular complexity index is 845. The van der Waals surface area contributed by atoms with E-state index >= 15 is 0 Å². The van der Waals surface area contributed by atoms with Gasteiger partial charge < -0.3 is 0 Å². The molecule has 0 saturated heterocycles. The Morgan fingerprint density at radius 1 is 0.469 bits per heavy atom. The summed E-state index contributed by atoms with van der Waals surface area (Å²) < 4.78 is 38.2. The molecule has 0 radical (unpaired) electrons. The molecule has 292 valence electrons. The molecule has 0 bridgehead atoms. The van der Waals surface area contributed by atoms with Crippen LogP contribution in [0.1, 0.15) is 233 Å². The van der Waals surface area contributed by atoms with Crippen molar-refractivity contribution in [3.05, 3.63) is 9.81 Å². The van der Waals surface area contributed by atoms with Gasteiger partial charge in [-0.2, -0.15) is 8.42 Å². The van der Waals surface area contributed by atoms with Gasteiger partial charge in [-0.05, 0) is 48.6 Å². The lowest BCUT2D eigenvalue weighted by Gasteiger charge is -2.36. The maximum absolute atomic E-state index is 12.0. The van der Waals surface area contributed by atoms with Gasteiger partial charge in [0.2, 0.25) is 4.39 Å². The van der Waals surface area contributed by atoms with E-state index in [2.05, 4.69) is 13.8 Å². The molecule has 5 nitrogen and oxygen atoms in total. The fourth-order valence-electron chi connectivity index (χ4n) is 7.10. The van der Waals surface area contributed by atoms with E-state index in [0.29, 0.717) is 13.1 Å². The lowest BCUT2D eigenvalue weighted by molar-refractivity contribution is 0.0720. The molecule has 0 atom stereocenters. The first kappa shape index (κ1) is 47.3. The van der Waals surface area contributed by atoms with E-state index in [0.717, 1.165) is 25.7 Å². The van der Waals surface area contributed by atoms with E-state index in [9.17, 15) is 13.0 Å². The molecule has 0 aromatic rings. The summed E-state index contributed by atoms with van der Waals surface area (Å²) in [4.78, 5) is 4.59. The third kappa shape index (κ3) is 25.0. The quantitative estimate of drug-likeness (QED) is 0.0385. The monoisotopic (exact) mass is 748 g/mol. The molecule has 0 fully saturated rings. The molecule has 1 N–H and O–H groups in total. The molecule has 0 aromatic heterocycles. The van der Waals surface area contributed by atoms with Gasteiger partial charge in [-0.15, -0.1) is 0 Å². The van der Waals surface area contributed by atoms with Crippen LogP contribution in [-0.4, -0.2) is 35.3 Å². The van der Waals surface area contributed by atoms with Crippen molar-refractivity contribution in [2.24, 2.45) is 0 Å². The van der Waals surface area contributed by atoms with E-state index < -0.39 is 14.8 Å². The average Bonchev–Trinajstić information content (AvgIpc) is 3.41. The summed E-state index contributed by atoms with van der Waals surface area (Å²) in [5.74, 6) is 0. The summed E-state index contributed by atoms with van der Waals surface area (Å²) in [5.41, 5.74) is 0. The third-order valence-electron chi connectivity index (χ3n) is 10.2. The van der Waals surface area contributed by atoms with Crippen LogP contribution >= 0.6 is 23.5 Å². The Morgan fingerprint density at radius 2 is 0.714 bits per heavy atom. The Balaban J connectivity index is 2.39. The lowest BCUT2D eigenvalue weighted by atomic mass is 10.0. The highest BCUT2D eigenvalue weighted by atomic mass is 32.3. The van der Waals surface area contributed by atoms with Crippen molar-refractivity contribution in [1.82, 2.24) is 4.90 Å². The number of hydrogen-bond donors (Lipinski definition) is 1. The first-order valence-corrected chi connectivity index (χ1v) is 24.3. The first-order chi connectivity index (χ1) is 23.8. The second kappa shape index (κ2) is 31.8. The SMILES string of the molecule is CCCCCCCCCCCCCCCCCC1=C(CCCCCCCCCCCCCCCCC)SC(OS(=O)(=O)O)(N(CC)CC)S1. The molecule has 1 aliphatic rings. The first-order valence-electron chi connectivity index (χ1n) is 21.3. The number of nitrogens with zero attached hydrogens (tertiary/aromatic N) is 1. The molecular weight excluding hydrogens is 667 g/mol. The largest absolute Gasteiger partial charge is 0.400 e. The highest BCUT2D eigenvalue weighted by molar-refractivity contribution is 8.24. The fraction of sp³-hybridized carbons (Fsp3) is 0.951. The molecule has 1 rings (SSSR count). The van der Waals surface area contributed by atoms with Gasteiger partial charge >= 0.3 is 10.4 Å². The Hall–Kier alpha value is 0.270. The van der Waals surface area contributed by atoms with Gasteiger partial charge in [0.1, 0.15) is 0 Å². The molecular formula is C41H81NO4S3. The summed E-state index contributed by atoms with van der Waals surface area (Å²) in [7, 11) is -4.59. The van der Waals surface area contributed by atoms with Crippen molar-refractivity contribution in [3.8, 4) is 0 Å². The van der Waals surface area contributed by atoms with Crippen LogP contribution in [0, 0.1) is 0 Å². The maximum atomic E-state index is 12.0. The van der Waals surface area contributed by atoms with Crippen molar-refractivity contribution < 1.29 is 17.2 Å². The van der Waals surface area contributed by atoms with Crippen molar-refractivity contribution in [2.75, 3.05) is 13.1 Å². The van der Waals surface area contributed by atoms with Gasteiger partial charge in [-0.25, -0.2) is 4.18 Å². The minimum absolute atomic E-state index is 0.657. The van der Waals surface area contributed by atoms with Gasteiger partial charge in [-0.3, -0.25) is 9.45 Å². The highest BCUT2D eigenvalue weighted by Crippen LogP contribution is 2.59. The molecule has 0 unspecified atom stereocenters. The Morgan fingerprint density at radius 3 is 0.939 bits per heavy atom. The lowest BCUT2D eigenvalue weighted by Crippen LogP contribution is -2.45. The molecule has 0 aliphatic carbocycles. The molecule has 1 heterocycles. The zero-order chi connectivity index (χ0) is 35.9. The van der Waals surface area contributed by atoms with Crippen molar-refractivity contribution in [1.29, 1.82) is 0 Å². The normalized spacial score (nSPS) is 14.9. The van der Waals surface area contributed by atoms with Crippen molar-refractivity contribution >= 4 is 33.9 Å². The summed E-state index contributed by atoms with van der Waals surface area (Å²) in [6, 6.07) is 0. The minimum atomic E-state index is -4.59. The molecule has 0 amide bonds. The fourth-order valence-corrected chi connectivity index (χ4v) is 11.6. The molecule has 8 heteroatoms. The van der Waals surface area contributed by atoms with Crippen molar-refractivity contribution in [2.45, 2.75) is 238 Å². The van der Waals surface area contributed by atoms with E-state index in [1.54, 1.807) is 0 Å². The zero-order valence-corrected chi connectivity index (χ0v) is 35.3. The van der Waals surface area contributed by atoms with Crippen molar-refractivity contribution in [3.63, 3.8) is 0 Å². The van der Waals surface area contributed by atoms with E-state index in [1.807, 2.05) is 18.7 Å². The van der Waals surface area contributed by atoms with Gasteiger partial charge in [0.25, 0.3) is 0 Å². The number of thioether (sulfide) groups is 2. The number of rotatable bonds is 37. The van der Waals surface area contributed by atoms with Gasteiger partial charge in [0.05, 0.1) is 0 Å². The van der Waals surface area contributed by atoms with Crippen LogP contribution < -0.4 is 0 Å². The molecule has 0 spiro atoms. The zero-order valence-electron chi connectivity index (χ0n) is 32.9. The van der Waals surface area contributed by atoms with E-state index in [1.165, 1.54) is 213 Å². The second-order valence-electron chi connectivity index (χ2n) is 14.7. The summed E-state index contributed by atoms with van der Waals surface area (Å²) in [6.07, 6.45) is 42.5. The smallest absolute Gasteiger partial charge is 0.263 e. The van der Waals surface area contributed by atoms with Gasteiger partial charge in [0.15, 0.2) is 0 Å². The van der Waals surface area contributed by atoms with Crippen LogP contribution in [0.2, 0.25) is 0 Å². The van der Waals surface area contributed by atoms with Crippen LogP contribution in [0.3, 0.4) is 0 Å². The second-order valence-corrected chi connectivity index (χ2v) is 18.4. The predicted octanol–water partition coefficient (Wildman–Crippen LogP) is 15.0. The summed E-state index contributed by atoms with van der Waals surface area (Å²) >= 11 is 3.06. The molecule has 49 heavy (non-hydrogen) atoms. The maximum Gasteiger partial charge on any atom is 0.400 e. The van der Waals surface area contributed by atoms with E-state index in [-0.39, 0.29) is 0 Å². The van der Waals surface area contributed by atoms with Crippen LogP contribution in [0.4, 0.5) is 0 Å². The average molecular weight is 748 g/mol. The Labute approximate surface area is 315 Å². The summed E-state index contributed by atoms with van der Waals surface area (Å²) in [5, 5.41) is 0. The van der Waals surface area contributed by atoms with Crippen LogP contribution in [0.5, 0.6) is 0 Å². The van der Waals surface area contributed by atoms with Crippen LogP contribution in [-0.2, 0) is 14.6 Å². The highest BCUT2D eigenvalue weighted by Gasteiger charge is 2.48.